The number of rotatable bonds is 4. The van der Waals surface area contributed by atoms with E-state index in [4.69, 9.17) is 0 Å². The van der Waals surface area contributed by atoms with Gasteiger partial charge in [-0.2, -0.15) is 0 Å². The molecular formula is C4H11NO2S. The third-order valence-corrected chi connectivity index (χ3v) is 1.61. The van der Waals surface area contributed by atoms with E-state index in [1.54, 1.807) is 0 Å². The summed E-state index contributed by atoms with van der Waals surface area (Å²) in [5.41, 5.74) is 0. The largest absolute Gasteiger partial charge is 0.319 e. The van der Waals surface area contributed by atoms with Gasteiger partial charge in [-0.05, 0) is 7.05 Å². The summed E-state index contributed by atoms with van der Waals surface area (Å²) >= 11 is -1.09. The highest BCUT2D eigenvalue weighted by atomic mass is 32.2. The zero-order chi connectivity index (χ0) is 6.41. The second-order valence-corrected chi connectivity index (χ2v) is 2.63. The van der Waals surface area contributed by atoms with E-state index in [0.717, 1.165) is 6.54 Å². The van der Waals surface area contributed by atoms with E-state index < -0.39 is 11.1 Å². The Labute approximate surface area is 52.1 Å². The van der Waals surface area contributed by atoms with Crippen molar-refractivity contribution in [3.8, 4) is 0 Å². The highest BCUT2D eigenvalue weighted by Gasteiger charge is 1.91. The molecule has 0 radical (unpaired) electrons. The molecular weight excluding hydrogens is 126 g/mol. The van der Waals surface area contributed by atoms with Gasteiger partial charge in [-0.1, -0.05) is 0 Å². The van der Waals surface area contributed by atoms with Gasteiger partial charge in [-0.25, -0.2) is 4.21 Å². The van der Waals surface area contributed by atoms with Gasteiger partial charge in [0.1, 0.15) is 0 Å². The van der Waals surface area contributed by atoms with Crippen LogP contribution in [0.15, 0.2) is 0 Å². The van der Waals surface area contributed by atoms with Crippen LogP contribution in [-0.2, 0) is 15.3 Å². The zero-order valence-electron chi connectivity index (χ0n) is 5.14. The molecule has 4 heteroatoms. The van der Waals surface area contributed by atoms with Gasteiger partial charge in [0.05, 0.1) is 12.9 Å². The molecule has 3 nitrogen and oxygen atoms in total. The molecule has 0 bridgehead atoms. The average molecular weight is 137 g/mol. The predicted molar refractivity (Wildman–Crippen MR) is 33.9 cm³/mol. The van der Waals surface area contributed by atoms with E-state index in [1.807, 2.05) is 7.05 Å². The van der Waals surface area contributed by atoms with Crippen LogP contribution in [0.2, 0.25) is 0 Å². The molecule has 0 amide bonds. The Bertz CT molecular complexity index is 76.4. The van der Waals surface area contributed by atoms with Crippen LogP contribution < -0.4 is 5.32 Å². The molecule has 1 atom stereocenters. The van der Waals surface area contributed by atoms with Crippen molar-refractivity contribution in [3.63, 3.8) is 0 Å². The minimum atomic E-state index is -1.09. The topological polar surface area (TPSA) is 38.3 Å². The average Bonchev–Trinajstić information content (AvgIpc) is 1.83. The van der Waals surface area contributed by atoms with Gasteiger partial charge in [0, 0.05) is 6.54 Å². The summed E-state index contributed by atoms with van der Waals surface area (Å²) in [6, 6.07) is 0. The molecule has 0 aromatic carbocycles. The number of hydrogen-bond acceptors (Lipinski definition) is 3. The van der Waals surface area contributed by atoms with Crippen molar-refractivity contribution in [2.75, 3.05) is 26.5 Å². The Morgan fingerprint density at radius 1 is 1.75 bits per heavy atom. The second-order valence-electron chi connectivity index (χ2n) is 1.28. The van der Waals surface area contributed by atoms with Gasteiger partial charge >= 0.3 is 0 Å². The minimum Gasteiger partial charge on any atom is -0.319 e. The summed E-state index contributed by atoms with van der Waals surface area (Å²) in [6.07, 6.45) is 0. The van der Waals surface area contributed by atoms with Crippen molar-refractivity contribution in [2.24, 2.45) is 0 Å². The molecule has 0 saturated carbocycles. The first-order chi connectivity index (χ1) is 3.81. The van der Waals surface area contributed by atoms with Crippen LogP contribution in [0.4, 0.5) is 0 Å². The molecule has 50 valence electrons. The Balaban J connectivity index is 2.99. The summed E-state index contributed by atoms with van der Waals surface area (Å²) in [5.74, 6) is 0.562. The van der Waals surface area contributed by atoms with Crippen LogP contribution in [0.5, 0.6) is 0 Å². The SMILES string of the molecule is CNCCS(=O)OC. The molecule has 1 N–H and O–H groups in total. The predicted octanol–water partition coefficient (Wildman–Crippen LogP) is -0.484. The lowest BCUT2D eigenvalue weighted by molar-refractivity contribution is 0.445. The van der Waals surface area contributed by atoms with Gasteiger partial charge in [0.2, 0.25) is 0 Å². The quantitative estimate of drug-likeness (QED) is 0.568. The lowest BCUT2D eigenvalue weighted by Gasteiger charge is -1.95. The molecule has 0 spiro atoms. The summed E-state index contributed by atoms with van der Waals surface area (Å²) in [4.78, 5) is 0. The van der Waals surface area contributed by atoms with Crippen molar-refractivity contribution in [3.05, 3.63) is 0 Å². The normalized spacial score (nSPS) is 13.8. The smallest absolute Gasteiger partial charge is 0.156 e. The Morgan fingerprint density at radius 2 is 2.38 bits per heavy atom. The maximum absolute atomic E-state index is 10.4. The molecule has 0 fully saturated rings. The fourth-order valence-corrected chi connectivity index (χ4v) is 0.806. The summed E-state index contributed by atoms with van der Waals surface area (Å²) in [7, 11) is 3.25. The molecule has 0 heterocycles. The van der Waals surface area contributed by atoms with Crippen molar-refractivity contribution >= 4 is 11.1 Å². The van der Waals surface area contributed by atoms with E-state index in [9.17, 15) is 4.21 Å². The van der Waals surface area contributed by atoms with Crippen molar-refractivity contribution < 1.29 is 8.39 Å². The maximum Gasteiger partial charge on any atom is 0.156 e. The lowest BCUT2D eigenvalue weighted by Crippen LogP contribution is -2.15. The zero-order valence-corrected chi connectivity index (χ0v) is 5.96. The standard InChI is InChI=1S/C4H11NO2S/c1-5-3-4-8(6)7-2/h5H,3-4H2,1-2H3. The fraction of sp³-hybridized carbons (Fsp3) is 1.00. The van der Waals surface area contributed by atoms with E-state index >= 15 is 0 Å². The molecule has 0 aliphatic heterocycles. The van der Waals surface area contributed by atoms with Crippen LogP contribution in [0.1, 0.15) is 0 Å². The fourth-order valence-electron chi connectivity index (χ4n) is 0.269. The van der Waals surface area contributed by atoms with Crippen LogP contribution in [-0.4, -0.2) is 30.7 Å². The van der Waals surface area contributed by atoms with Gasteiger partial charge in [-0.3, -0.25) is 4.18 Å². The highest BCUT2D eigenvalue weighted by molar-refractivity contribution is 7.80. The monoisotopic (exact) mass is 137 g/mol. The van der Waals surface area contributed by atoms with Crippen LogP contribution in [0, 0.1) is 0 Å². The summed E-state index contributed by atoms with van der Waals surface area (Å²) in [6.45, 7) is 0.737. The lowest BCUT2D eigenvalue weighted by atomic mass is 10.8. The Morgan fingerprint density at radius 3 is 2.75 bits per heavy atom. The Kier molecular flexibility index (Phi) is 5.26. The van der Waals surface area contributed by atoms with Gasteiger partial charge in [0.15, 0.2) is 11.1 Å². The first-order valence-electron chi connectivity index (χ1n) is 2.38. The van der Waals surface area contributed by atoms with E-state index in [0.29, 0.717) is 5.75 Å². The molecule has 0 aliphatic rings. The first kappa shape index (κ1) is 8.07. The van der Waals surface area contributed by atoms with Crippen LogP contribution in [0.3, 0.4) is 0 Å². The van der Waals surface area contributed by atoms with Crippen molar-refractivity contribution in [1.29, 1.82) is 0 Å². The van der Waals surface area contributed by atoms with Crippen LogP contribution >= 0.6 is 0 Å². The Hall–Kier alpha value is 0.0700. The highest BCUT2D eigenvalue weighted by Crippen LogP contribution is 1.77. The van der Waals surface area contributed by atoms with Gasteiger partial charge < -0.3 is 5.32 Å². The van der Waals surface area contributed by atoms with Gasteiger partial charge in [-0.15, -0.1) is 0 Å². The number of hydrogen-bond donors (Lipinski definition) is 1. The van der Waals surface area contributed by atoms with Crippen molar-refractivity contribution in [1.82, 2.24) is 5.32 Å². The maximum atomic E-state index is 10.4. The van der Waals surface area contributed by atoms with Gasteiger partial charge in [0.25, 0.3) is 0 Å². The van der Waals surface area contributed by atoms with Crippen LogP contribution in [0.25, 0.3) is 0 Å². The van der Waals surface area contributed by atoms with E-state index in [1.165, 1.54) is 7.11 Å². The minimum absolute atomic E-state index is 0.562. The molecule has 0 aliphatic carbocycles. The molecule has 0 rings (SSSR count). The molecule has 1 unspecified atom stereocenters. The summed E-state index contributed by atoms with van der Waals surface area (Å²) in [5, 5.41) is 2.86. The molecule has 0 aromatic heterocycles. The molecule has 0 aromatic rings. The first-order valence-corrected chi connectivity index (χ1v) is 3.63. The molecule has 8 heavy (non-hydrogen) atoms. The summed E-state index contributed by atoms with van der Waals surface area (Å²) < 4.78 is 14.9. The second kappa shape index (κ2) is 5.21. The number of nitrogens with one attached hydrogen (secondary N) is 1. The van der Waals surface area contributed by atoms with E-state index in [2.05, 4.69) is 9.50 Å². The third kappa shape index (κ3) is 4.23. The molecule has 0 saturated heterocycles. The van der Waals surface area contributed by atoms with E-state index in [-0.39, 0.29) is 0 Å². The third-order valence-electron chi connectivity index (χ3n) is 0.705. The van der Waals surface area contributed by atoms with Crippen molar-refractivity contribution in [2.45, 2.75) is 0 Å².